The quantitative estimate of drug-likeness (QED) is 0.495. The highest BCUT2D eigenvalue weighted by molar-refractivity contribution is 7.80. The number of rotatable bonds is 4. The molecule has 0 saturated carbocycles. The smallest absolute Gasteiger partial charge is 0.261 e. The van der Waals surface area contributed by atoms with Gasteiger partial charge in [-0.25, -0.2) is 4.39 Å². The van der Waals surface area contributed by atoms with Crippen LogP contribution < -0.4 is 21.5 Å². The van der Waals surface area contributed by atoms with Crippen LogP contribution in [0.2, 0.25) is 0 Å². The van der Waals surface area contributed by atoms with Gasteiger partial charge in [0.2, 0.25) is 5.91 Å². The number of carbonyl (C=O) groups is 2. The number of benzene rings is 1. The van der Waals surface area contributed by atoms with Gasteiger partial charge < -0.3 is 10.6 Å². The van der Waals surface area contributed by atoms with E-state index < -0.39 is 17.8 Å². The number of nitrogens with one attached hydrogen (secondary N) is 4. The van der Waals surface area contributed by atoms with Gasteiger partial charge in [0.05, 0.1) is 5.69 Å². The highest BCUT2D eigenvalue weighted by atomic mass is 32.1. The molecule has 120 valence electrons. The van der Waals surface area contributed by atoms with Crippen LogP contribution in [-0.2, 0) is 9.59 Å². The summed E-state index contributed by atoms with van der Waals surface area (Å²) in [5.74, 6) is -1.31. The monoisotopic (exact) mass is 326 g/mol. The first-order chi connectivity index (χ1) is 10.3. The van der Waals surface area contributed by atoms with Crippen molar-refractivity contribution in [2.45, 2.75) is 26.8 Å². The normalized spacial score (nSPS) is 11.5. The summed E-state index contributed by atoms with van der Waals surface area (Å²) in [6.07, 6.45) is 0. The Morgan fingerprint density at radius 2 is 1.82 bits per heavy atom. The highest BCUT2D eigenvalue weighted by Crippen LogP contribution is 2.11. The fourth-order valence-electron chi connectivity index (χ4n) is 1.67. The van der Waals surface area contributed by atoms with E-state index in [2.05, 4.69) is 21.5 Å². The number of thiocarbonyl (C=S) groups is 1. The van der Waals surface area contributed by atoms with E-state index in [0.717, 1.165) is 0 Å². The summed E-state index contributed by atoms with van der Waals surface area (Å²) in [6.45, 7) is 4.94. The molecule has 4 N–H and O–H groups in total. The molecule has 2 amide bonds. The zero-order valence-corrected chi connectivity index (χ0v) is 13.4. The Morgan fingerprint density at radius 1 is 1.18 bits per heavy atom. The second-order valence-corrected chi connectivity index (χ2v) is 5.38. The number of carbonyl (C=O) groups excluding carboxylic acids is 2. The number of hydrogen-bond donors (Lipinski definition) is 4. The molecule has 0 spiro atoms. The van der Waals surface area contributed by atoms with Crippen molar-refractivity contribution in [3.8, 4) is 0 Å². The van der Waals surface area contributed by atoms with Crippen molar-refractivity contribution in [2.75, 3.05) is 5.32 Å². The molecule has 0 radical (unpaired) electrons. The maximum atomic E-state index is 13.4. The van der Waals surface area contributed by atoms with Gasteiger partial charge in [-0.3, -0.25) is 20.4 Å². The number of hydrogen-bond acceptors (Lipinski definition) is 3. The minimum Gasteiger partial charge on any atom is -0.344 e. The van der Waals surface area contributed by atoms with E-state index in [-0.39, 0.29) is 22.6 Å². The van der Waals surface area contributed by atoms with Crippen LogP contribution in [-0.4, -0.2) is 23.0 Å². The van der Waals surface area contributed by atoms with E-state index in [9.17, 15) is 14.0 Å². The van der Waals surface area contributed by atoms with Crippen LogP contribution in [0.5, 0.6) is 0 Å². The van der Waals surface area contributed by atoms with Crippen molar-refractivity contribution in [1.82, 2.24) is 16.2 Å². The molecule has 1 aromatic carbocycles. The summed E-state index contributed by atoms with van der Waals surface area (Å²) in [7, 11) is 0. The van der Waals surface area contributed by atoms with Gasteiger partial charge in [0, 0.05) is 6.92 Å². The average molecular weight is 326 g/mol. The maximum absolute atomic E-state index is 13.4. The Kier molecular flexibility index (Phi) is 6.71. The van der Waals surface area contributed by atoms with Gasteiger partial charge in [-0.2, -0.15) is 0 Å². The Bertz CT molecular complexity index is 566. The van der Waals surface area contributed by atoms with E-state index in [1.54, 1.807) is 26.0 Å². The summed E-state index contributed by atoms with van der Waals surface area (Å²) in [6, 6.07) is 5.31. The van der Waals surface area contributed by atoms with Crippen LogP contribution in [0.4, 0.5) is 10.1 Å². The third-order valence-electron chi connectivity index (χ3n) is 2.73. The van der Waals surface area contributed by atoms with Gasteiger partial charge in [0.25, 0.3) is 5.91 Å². The molecule has 0 fully saturated rings. The third-order valence-corrected chi connectivity index (χ3v) is 2.93. The minimum atomic E-state index is -0.693. The molecule has 0 unspecified atom stereocenters. The lowest BCUT2D eigenvalue weighted by Crippen LogP contribution is -2.54. The third kappa shape index (κ3) is 5.65. The standard InChI is InChI=1S/C14H19FN4O2S/c1-8(2)12(16-9(3)20)13(21)18-19-14(22)17-11-7-5-4-6-10(11)15/h4-8,12H,1-3H3,(H,16,20)(H,18,21)(H2,17,19,22)/t12-/m1/s1. The van der Waals surface area contributed by atoms with Crippen LogP contribution in [0.15, 0.2) is 24.3 Å². The largest absolute Gasteiger partial charge is 0.344 e. The fraction of sp³-hybridized carbons (Fsp3) is 0.357. The molecule has 6 nitrogen and oxygen atoms in total. The van der Waals surface area contributed by atoms with Crippen LogP contribution >= 0.6 is 12.2 Å². The lowest BCUT2D eigenvalue weighted by atomic mass is 10.0. The number of halogens is 1. The van der Waals surface area contributed by atoms with Crippen molar-refractivity contribution in [3.63, 3.8) is 0 Å². The Morgan fingerprint density at radius 3 is 2.36 bits per heavy atom. The lowest BCUT2D eigenvalue weighted by molar-refractivity contribution is -0.129. The first-order valence-electron chi connectivity index (χ1n) is 6.69. The van der Waals surface area contributed by atoms with Gasteiger partial charge in [-0.1, -0.05) is 26.0 Å². The fourth-order valence-corrected chi connectivity index (χ4v) is 1.83. The molecular formula is C14H19FN4O2S. The molecule has 0 heterocycles. The summed E-state index contributed by atoms with van der Waals surface area (Å²) >= 11 is 4.96. The molecule has 0 aliphatic carbocycles. The number of anilines is 1. The maximum Gasteiger partial charge on any atom is 0.261 e. The molecule has 0 aliphatic rings. The van der Waals surface area contributed by atoms with Crippen LogP contribution in [0.3, 0.4) is 0 Å². The molecule has 0 saturated heterocycles. The Labute approximate surface area is 133 Å². The van der Waals surface area contributed by atoms with E-state index in [4.69, 9.17) is 12.2 Å². The van der Waals surface area contributed by atoms with Gasteiger partial charge >= 0.3 is 0 Å². The predicted molar refractivity (Wildman–Crippen MR) is 86.3 cm³/mol. The molecule has 1 atom stereocenters. The lowest BCUT2D eigenvalue weighted by Gasteiger charge is -2.21. The van der Waals surface area contributed by atoms with Gasteiger partial charge in [0.15, 0.2) is 5.11 Å². The average Bonchev–Trinajstić information content (AvgIpc) is 2.44. The number of amides is 2. The SMILES string of the molecule is CC(=O)N[C@@H](C(=O)NNC(=S)Nc1ccccc1F)C(C)C. The highest BCUT2D eigenvalue weighted by Gasteiger charge is 2.22. The molecule has 0 bridgehead atoms. The van der Waals surface area contributed by atoms with E-state index in [0.29, 0.717) is 0 Å². The van der Waals surface area contributed by atoms with Crippen molar-refractivity contribution in [1.29, 1.82) is 0 Å². The number of hydrazine groups is 1. The molecule has 22 heavy (non-hydrogen) atoms. The van der Waals surface area contributed by atoms with E-state index in [1.807, 2.05) is 0 Å². The molecule has 1 rings (SSSR count). The summed E-state index contributed by atoms with van der Waals surface area (Å²) in [5, 5.41) is 5.20. The van der Waals surface area contributed by atoms with Crippen LogP contribution in [0.25, 0.3) is 0 Å². The van der Waals surface area contributed by atoms with Crippen LogP contribution in [0, 0.1) is 11.7 Å². The second kappa shape index (κ2) is 8.28. The summed E-state index contributed by atoms with van der Waals surface area (Å²) in [5.41, 5.74) is 5.04. The molecule has 1 aromatic rings. The Balaban J connectivity index is 2.53. The van der Waals surface area contributed by atoms with Gasteiger partial charge in [-0.15, -0.1) is 0 Å². The topological polar surface area (TPSA) is 82.3 Å². The zero-order chi connectivity index (χ0) is 16.7. The van der Waals surface area contributed by atoms with Gasteiger partial charge in [-0.05, 0) is 30.3 Å². The minimum absolute atomic E-state index is 0.0313. The summed E-state index contributed by atoms with van der Waals surface area (Å²) in [4.78, 5) is 23.1. The van der Waals surface area contributed by atoms with E-state index >= 15 is 0 Å². The first kappa shape index (κ1) is 17.8. The van der Waals surface area contributed by atoms with Crippen molar-refractivity contribution in [2.24, 2.45) is 5.92 Å². The number of para-hydroxylation sites is 1. The summed E-state index contributed by atoms with van der Waals surface area (Å²) < 4.78 is 13.4. The molecule has 0 aliphatic heterocycles. The van der Waals surface area contributed by atoms with Crippen LogP contribution in [0.1, 0.15) is 20.8 Å². The second-order valence-electron chi connectivity index (χ2n) is 4.97. The van der Waals surface area contributed by atoms with Crippen molar-refractivity contribution >= 4 is 34.8 Å². The van der Waals surface area contributed by atoms with Crippen molar-refractivity contribution in [3.05, 3.63) is 30.1 Å². The molecular weight excluding hydrogens is 307 g/mol. The first-order valence-corrected chi connectivity index (χ1v) is 7.10. The van der Waals surface area contributed by atoms with Crippen molar-refractivity contribution < 1.29 is 14.0 Å². The molecule has 8 heteroatoms. The predicted octanol–water partition coefficient (Wildman–Crippen LogP) is 1.30. The zero-order valence-electron chi connectivity index (χ0n) is 12.6. The van der Waals surface area contributed by atoms with E-state index in [1.165, 1.54) is 19.1 Å². The Hall–Kier alpha value is -2.22. The molecule has 0 aromatic heterocycles. The van der Waals surface area contributed by atoms with Gasteiger partial charge in [0.1, 0.15) is 11.9 Å².